The molecule has 3 aliphatic rings. The molecule has 1 N–H and O–H groups in total. The summed E-state index contributed by atoms with van der Waals surface area (Å²) in [5.41, 5.74) is 0. The molecule has 3 fully saturated rings. The van der Waals surface area contributed by atoms with Gasteiger partial charge in [-0.3, -0.25) is 9.69 Å². The Kier molecular flexibility index (Phi) is 6.87. The molecule has 1 amide bonds. The normalized spacial score (nSPS) is 31.1. The summed E-state index contributed by atoms with van der Waals surface area (Å²) in [6.45, 7) is 5.25. The highest BCUT2D eigenvalue weighted by atomic mass is 35.5. The maximum Gasteiger partial charge on any atom is 0.239 e. The van der Waals surface area contributed by atoms with Crippen LogP contribution in [0.25, 0.3) is 0 Å². The molecule has 0 saturated carbocycles. The van der Waals surface area contributed by atoms with E-state index < -0.39 is 0 Å². The SMILES string of the molecule is Cl.Cl.O=C(C1CCCCN1)N1CCN2CCCC2C1. The maximum atomic E-state index is 12.4. The predicted molar refractivity (Wildman–Crippen MR) is 81.3 cm³/mol. The van der Waals surface area contributed by atoms with Gasteiger partial charge in [-0.25, -0.2) is 0 Å². The molecule has 0 bridgehead atoms. The second-order valence-corrected chi connectivity index (χ2v) is 5.62. The van der Waals surface area contributed by atoms with E-state index in [2.05, 4.69) is 15.1 Å². The van der Waals surface area contributed by atoms with Crippen LogP contribution in [0.3, 0.4) is 0 Å². The lowest BCUT2D eigenvalue weighted by molar-refractivity contribution is -0.136. The topological polar surface area (TPSA) is 35.6 Å². The molecular weight excluding hydrogens is 285 g/mol. The number of halogens is 2. The minimum atomic E-state index is 0. The Morgan fingerprint density at radius 2 is 1.84 bits per heavy atom. The van der Waals surface area contributed by atoms with Crippen LogP contribution in [0.5, 0.6) is 0 Å². The number of piperazine rings is 1. The fourth-order valence-corrected chi connectivity index (χ4v) is 3.47. The van der Waals surface area contributed by atoms with E-state index in [0.29, 0.717) is 11.9 Å². The molecule has 6 heteroatoms. The molecule has 3 heterocycles. The highest BCUT2D eigenvalue weighted by Gasteiger charge is 2.34. The zero-order chi connectivity index (χ0) is 11.7. The van der Waals surface area contributed by atoms with E-state index in [0.717, 1.165) is 32.6 Å². The molecule has 0 aromatic rings. The van der Waals surface area contributed by atoms with Crippen LogP contribution in [0, 0.1) is 0 Å². The van der Waals surface area contributed by atoms with Crippen LogP contribution in [0.1, 0.15) is 32.1 Å². The Morgan fingerprint density at radius 3 is 2.58 bits per heavy atom. The average molecular weight is 310 g/mol. The fraction of sp³-hybridized carbons (Fsp3) is 0.923. The van der Waals surface area contributed by atoms with Crippen molar-refractivity contribution in [1.82, 2.24) is 15.1 Å². The van der Waals surface area contributed by atoms with Crippen molar-refractivity contribution in [3.63, 3.8) is 0 Å². The van der Waals surface area contributed by atoms with Crippen LogP contribution in [0.4, 0.5) is 0 Å². The second-order valence-electron chi connectivity index (χ2n) is 5.62. The highest BCUT2D eigenvalue weighted by molar-refractivity contribution is 5.85. The maximum absolute atomic E-state index is 12.4. The lowest BCUT2D eigenvalue weighted by atomic mass is 10.0. The summed E-state index contributed by atoms with van der Waals surface area (Å²) in [6.07, 6.45) is 6.05. The van der Waals surface area contributed by atoms with Gasteiger partial charge < -0.3 is 10.2 Å². The van der Waals surface area contributed by atoms with Crippen LogP contribution in [-0.4, -0.2) is 60.5 Å². The van der Waals surface area contributed by atoms with E-state index >= 15 is 0 Å². The van der Waals surface area contributed by atoms with Crippen LogP contribution in [-0.2, 0) is 4.79 Å². The minimum absolute atomic E-state index is 0. The molecule has 4 nitrogen and oxygen atoms in total. The molecule has 3 rings (SSSR count). The Hall–Kier alpha value is -0.0300. The Labute approximate surface area is 128 Å². The van der Waals surface area contributed by atoms with Gasteiger partial charge in [0.15, 0.2) is 0 Å². The fourth-order valence-electron chi connectivity index (χ4n) is 3.47. The number of rotatable bonds is 1. The molecular formula is C13H25Cl2N3O. The molecule has 0 radical (unpaired) electrons. The van der Waals surface area contributed by atoms with Crippen molar-refractivity contribution < 1.29 is 4.79 Å². The highest BCUT2D eigenvalue weighted by Crippen LogP contribution is 2.22. The smallest absolute Gasteiger partial charge is 0.239 e. The summed E-state index contributed by atoms with van der Waals surface area (Å²) in [5, 5.41) is 3.37. The third-order valence-corrected chi connectivity index (χ3v) is 4.51. The summed E-state index contributed by atoms with van der Waals surface area (Å²) in [5.74, 6) is 0.358. The number of nitrogens with zero attached hydrogens (tertiary/aromatic N) is 2. The average Bonchev–Trinajstić information content (AvgIpc) is 2.86. The number of piperidine rings is 1. The lowest BCUT2D eigenvalue weighted by Crippen LogP contribution is -2.57. The van der Waals surface area contributed by atoms with Crippen LogP contribution in [0.15, 0.2) is 0 Å². The third kappa shape index (κ3) is 3.75. The second kappa shape index (κ2) is 7.67. The largest absolute Gasteiger partial charge is 0.338 e. The molecule has 19 heavy (non-hydrogen) atoms. The van der Waals surface area contributed by atoms with E-state index in [1.807, 2.05) is 0 Å². The van der Waals surface area contributed by atoms with Crippen molar-refractivity contribution in [3.8, 4) is 0 Å². The van der Waals surface area contributed by atoms with Crippen molar-refractivity contribution in [1.29, 1.82) is 0 Å². The molecule has 3 aliphatic heterocycles. The van der Waals surface area contributed by atoms with Gasteiger partial charge in [-0.05, 0) is 38.8 Å². The molecule has 0 aliphatic carbocycles. The van der Waals surface area contributed by atoms with Crippen LogP contribution in [0.2, 0.25) is 0 Å². The quantitative estimate of drug-likeness (QED) is 0.792. The van der Waals surface area contributed by atoms with Crippen LogP contribution >= 0.6 is 24.8 Å². The van der Waals surface area contributed by atoms with Crippen molar-refractivity contribution >= 4 is 30.7 Å². The molecule has 2 unspecified atom stereocenters. The van der Waals surface area contributed by atoms with Gasteiger partial charge in [-0.1, -0.05) is 6.42 Å². The van der Waals surface area contributed by atoms with Gasteiger partial charge in [-0.2, -0.15) is 0 Å². The first kappa shape index (κ1) is 17.0. The zero-order valence-corrected chi connectivity index (χ0v) is 13.0. The lowest BCUT2D eigenvalue weighted by Gasteiger charge is -2.39. The van der Waals surface area contributed by atoms with Crippen molar-refractivity contribution in [2.45, 2.75) is 44.2 Å². The summed E-state index contributed by atoms with van der Waals surface area (Å²) in [6, 6.07) is 0.757. The third-order valence-electron chi connectivity index (χ3n) is 4.51. The number of hydrogen-bond acceptors (Lipinski definition) is 3. The number of amides is 1. The number of carbonyl (C=O) groups is 1. The molecule has 0 aromatic heterocycles. The first-order valence-corrected chi connectivity index (χ1v) is 7.11. The van der Waals surface area contributed by atoms with E-state index in [-0.39, 0.29) is 30.9 Å². The standard InChI is InChI=1S/C13H23N3O.2ClH/c17-13(12-5-1-2-6-14-12)16-9-8-15-7-3-4-11(15)10-16;;/h11-12,14H,1-10H2;2*1H. The van der Waals surface area contributed by atoms with Crippen molar-refractivity contribution in [2.75, 3.05) is 32.7 Å². The van der Waals surface area contributed by atoms with Crippen LogP contribution < -0.4 is 5.32 Å². The monoisotopic (exact) mass is 309 g/mol. The van der Waals surface area contributed by atoms with Gasteiger partial charge >= 0.3 is 0 Å². The van der Waals surface area contributed by atoms with Crippen molar-refractivity contribution in [2.24, 2.45) is 0 Å². The summed E-state index contributed by atoms with van der Waals surface area (Å²) in [7, 11) is 0. The molecule has 3 saturated heterocycles. The van der Waals surface area contributed by atoms with Gasteiger partial charge in [0.05, 0.1) is 6.04 Å². The van der Waals surface area contributed by atoms with Gasteiger partial charge in [0, 0.05) is 25.7 Å². The summed E-state index contributed by atoms with van der Waals surface area (Å²) < 4.78 is 0. The van der Waals surface area contributed by atoms with Gasteiger partial charge in [0.1, 0.15) is 0 Å². The van der Waals surface area contributed by atoms with E-state index in [1.165, 1.54) is 32.2 Å². The molecule has 2 atom stereocenters. The number of carbonyl (C=O) groups excluding carboxylic acids is 1. The van der Waals surface area contributed by atoms with Crippen molar-refractivity contribution in [3.05, 3.63) is 0 Å². The van der Waals surface area contributed by atoms with E-state index in [9.17, 15) is 4.79 Å². The summed E-state index contributed by atoms with van der Waals surface area (Å²) in [4.78, 5) is 17.0. The molecule has 0 aromatic carbocycles. The molecule has 112 valence electrons. The predicted octanol–water partition coefficient (Wildman–Crippen LogP) is 1.28. The Morgan fingerprint density at radius 1 is 1.00 bits per heavy atom. The first-order chi connectivity index (χ1) is 8.34. The van der Waals surface area contributed by atoms with Gasteiger partial charge in [-0.15, -0.1) is 24.8 Å². The number of fused-ring (bicyclic) bond motifs is 1. The van der Waals surface area contributed by atoms with Gasteiger partial charge in [0.25, 0.3) is 0 Å². The molecule has 0 spiro atoms. The zero-order valence-electron chi connectivity index (χ0n) is 11.3. The number of nitrogens with one attached hydrogen (secondary N) is 1. The minimum Gasteiger partial charge on any atom is -0.338 e. The van der Waals surface area contributed by atoms with Gasteiger partial charge in [0.2, 0.25) is 5.91 Å². The van der Waals surface area contributed by atoms with E-state index in [4.69, 9.17) is 0 Å². The van der Waals surface area contributed by atoms with E-state index in [1.54, 1.807) is 0 Å². The Balaban J connectivity index is 0.000000902. The Bertz CT molecular complexity index is 298. The summed E-state index contributed by atoms with van der Waals surface area (Å²) >= 11 is 0. The first-order valence-electron chi connectivity index (χ1n) is 7.11. The number of hydrogen-bond donors (Lipinski definition) is 1.